The van der Waals surface area contributed by atoms with Crippen LogP contribution in [0.4, 0.5) is 0 Å². The van der Waals surface area contributed by atoms with Crippen molar-refractivity contribution in [3.8, 4) is 103 Å². The number of hydrogen-bond donors (Lipinski definition) is 0. The van der Waals surface area contributed by atoms with E-state index in [0.717, 1.165) is 33.4 Å². The smallest absolute Gasteiger partial charge is 0.0998 e. The van der Waals surface area contributed by atoms with E-state index < -0.39 is 10.8 Å². The standard InChI is InChI=1S/C55H36N6/c1-54(2)33-55(3,4)47-26-39(20-22-43(47)32-61)49-48(38-19-21-42(31-60)46(54)25-38)50(36-15-9-11-34(23-36)27-56)52(44-17-7-5-13-40(44)29-58)53(45-18-8-6-14-41(45)30-59)51(49)37-16-10-12-35(24-37)28-57/h5-26H,33H2,1-4H3. The van der Waals surface area contributed by atoms with Gasteiger partial charge in [-0.25, -0.2) is 0 Å². The Morgan fingerprint density at radius 3 is 1.08 bits per heavy atom. The monoisotopic (exact) mass is 780 g/mol. The molecule has 0 fully saturated rings. The van der Waals surface area contributed by atoms with Crippen LogP contribution in [0, 0.1) is 68.0 Å². The van der Waals surface area contributed by atoms with Crippen molar-refractivity contribution >= 4 is 0 Å². The van der Waals surface area contributed by atoms with Crippen LogP contribution in [0.15, 0.2) is 133 Å². The summed E-state index contributed by atoms with van der Waals surface area (Å²) >= 11 is 0. The minimum Gasteiger partial charge on any atom is -0.192 e. The van der Waals surface area contributed by atoms with Crippen molar-refractivity contribution in [3.05, 3.63) is 178 Å². The van der Waals surface area contributed by atoms with Gasteiger partial charge in [0.25, 0.3) is 0 Å². The van der Waals surface area contributed by atoms with Crippen LogP contribution in [0.5, 0.6) is 0 Å². The summed E-state index contributed by atoms with van der Waals surface area (Å²) in [5.41, 5.74) is 11.6. The minimum atomic E-state index is -0.565. The van der Waals surface area contributed by atoms with Crippen LogP contribution >= 0.6 is 0 Å². The Morgan fingerprint density at radius 2 is 0.705 bits per heavy atom. The van der Waals surface area contributed by atoms with Gasteiger partial charge < -0.3 is 0 Å². The molecule has 0 radical (unpaired) electrons. The molecule has 0 atom stereocenters. The summed E-state index contributed by atoms with van der Waals surface area (Å²) < 4.78 is 0. The average molecular weight is 781 g/mol. The molecule has 0 saturated heterocycles. The Labute approximate surface area is 356 Å². The number of benzene rings is 7. The molecule has 61 heavy (non-hydrogen) atoms. The van der Waals surface area contributed by atoms with Crippen LogP contribution in [-0.2, 0) is 10.8 Å². The van der Waals surface area contributed by atoms with Gasteiger partial charge in [-0.15, -0.1) is 0 Å². The average Bonchev–Trinajstić information content (AvgIpc) is 3.30. The third-order valence-corrected chi connectivity index (χ3v) is 11.9. The van der Waals surface area contributed by atoms with E-state index in [1.165, 1.54) is 0 Å². The molecule has 0 heterocycles. The van der Waals surface area contributed by atoms with Gasteiger partial charge >= 0.3 is 0 Å². The van der Waals surface area contributed by atoms with Crippen LogP contribution in [0.25, 0.3) is 66.8 Å². The molecule has 0 aliphatic heterocycles. The number of fused-ring (bicyclic) bond motifs is 7. The minimum absolute atomic E-state index is 0.397. The third kappa shape index (κ3) is 6.67. The highest BCUT2D eigenvalue weighted by atomic mass is 14.4. The summed E-state index contributed by atoms with van der Waals surface area (Å²) in [6.45, 7) is 8.54. The van der Waals surface area contributed by atoms with E-state index in [4.69, 9.17) is 0 Å². The zero-order chi connectivity index (χ0) is 43.1. The first-order valence-electron chi connectivity index (χ1n) is 19.8. The van der Waals surface area contributed by atoms with E-state index in [0.29, 0.717) is 84.3 Å². The van der Waals surface area contributed by atoms with Gasteiger partial charge in [-0.3, -0.25) is 0 Å². The fourth-order valence-corrected chi connectivity index (χ4v) is 9.54. The zero-order valence-electron chi connectivity index (χ0n) is 34.1. The van der Waals surface area contributed by atoms with Crippen molar-refractivity contribution in [2.45, 2.75) is 44.9 Å². The summed E-state index contributed by atoms with van der Waals surface area (Å²) in [7, 11) is 0. The van der Waals surface area contributed by atoms with Gasteiger partial charge in [0.15, 0.2) is 0 Å². The summed E-state index contributed by atoms with van der Waals surface area (Å²) in [6, 6.07) is 55.9. The van der Waals surface area contributed by atoms with Gasteiger partial charge in [0.05, 0.1) is 69.8 Å². The van der Waals surface area contributed by atoms with Crippen molar-refractivity contribution in [2.75, 3.05) is 0 Å². The first-order chi connectivity index (χ1) is 29.5. The van der Waals surface area contributed by atoms with Gasteiger partial charge in [-0.2, -0.15) is 31.6 Å². The molecule has 0 amide bonds. The molecule has 8 rings (SSSR count). The van der Waals surface area contributed by atoms with Crippen LogP contribution < -0.4 is 0 Å². The van der Waals surface area contributed by atoms with E-state index in [1.807, 2.05) is 97.1 Å². The SMILES string of the molecule is CC1(C)CC(C)(C)c2cc(ccc2C#N)-c2c(c(-c3cccc(C#N)c3)c(-c3ccccc3C#N)c(-c3ccccc3C#N)c2-c2cccc(C#N)c2)-c2ccc(C#N)c1c2. The largest absolute Gasteiger partial charge is 0.192 e. The molecule has 6 heteroatoms. The third-order valence-electron chi connectivity index (χ3n) is 11.9. The van der Waals surface area contributed by atoms with Gasteiger partial charge in [-0.05, 0) is 145 Å². The van der Waals surface area contributed by atoms with Gasteiger partial charge in [0.1, 0.15) is 0 Å². The van der Waals surface area contributed by atoms with Crippen LogP contribution in [0.3, 0.4) is 0 Å². The summed E-state index contributed by atoms with van der Waals surface area (Å²) in [6.07, 6.45) is 0.600. The van der Waals surface area contributed by atoms with Crippen LogP contribution in [0.2, 0.25) is 0 Å². The van der Waals surface area contributed by atoms with Gasteiger partial charge in [-0.1, -0.05) is 100 Å². The van der Waals surface area contributed by atoms with Crippen molar-refractivity contribution in [3.63, 3.8) is 0 Å². The number of rotatable bonds is 4. The maximum atomic E-state index is 10.8. The highest BCUT2D eigenvalue weighted by Gasteiger charge is 2.38. The predicted octanol–water partition coefficient (Wildman–Crippen LogP) is 12.9. The summed E-state index contributed by atoms with van der Waals surface area (Å²) in [5, 5.41) is 63.7. The lowest BCUT2D eigenvalue weighted by molar-refractivity contribution is 0.348. The molecule has 0 spiro atoms. The van der Waals surface area contributed by atoms with Crippen molar-refractivity contribution < 1.29 is 0 Å². The molecule has 0 unspecified atom stereocenters. The Balaban J connectivity index is 1.81. The van der Waals surface area contributed by atoms with Crippen LogP contribution in [0.1, 0.15) is 78.6 Å². The highest BCUT2D eigenvalue weighted by molar-refractivity contribution is 6.16. The molecule has 1 aliphatic carbocycles. The molecule has 0 N–H and O–H groups in total. The molecule has 0 aromatic heterocycles. The van der Waals surface area contributed by atoms with Crippen LogP contribution in [-0.4, -0.2) is 0 Å². The lowest BCUT2D eigenvalue weighted by Crippen LogP contribution is -2.31. The zero-order valence-corrected chi connectivity index (χ0v) is 34.1. The normalized spacial score (nSPS) is 13.0. The van der Waals surface area contributed by atoms with Crippen molar-refractivity contribution in [2.24, 2.45) is 0 Å². The number of nitrogens with zero attached hydrogens (tertiary/aromatic N) is 6. The Bertz CT molecular complexity index is 3030. The van der Waals surface area contributed by atoms with Crippen molar-refractivity contribution in [1.82, 2.24) is 0 Å². The van der Waals surface area contributed by atoms with E-state index in [2.05, 4.69) is 76.2 Å². The Kier molecular flexibility index (Phi) is 9.89. The molecule has 0 saturated carbocycles. The second-order valence-corrected chi connectivity index (χ2v) is 16.6. The quantitative estimate of drug-likeness (QED) is 0.174. The van der Waals surface area contributed by atoms with E-state index in [9.17, 15) is 31.6 Å². The molecule has 286 valence electrons. The summed E-state index contributed by atoms with van der Waals surface area (Å²) in [4.78, 5) is 0. The van der Waals surface area contributed by atoms with E-state index >= 15 is 0 Å². The summed E-state index contributed by atoms with van der Waals surface area (Å²) in [5.74, 6) is 0. The molecular formula is C55H36N6. The first-order valence-corrected chi connectivity index (χ1v) is 19.8. The molecule has 1 aliphatic rings. The van der Waals surface area contributed by atoms with Gasteiger partial charge in [0.2, 0.25) is 0 Å². The Hall–Kier alpha value is -8.52. The lowest BCUT2D eigenvalue weighted by Gasteiger charge is -2.37. The topological polar surface area (TPSA) is 143 Å². The van der Waals surface area contributed by atoms with E-state index in [-0.39, 0.29) is 0 Å². The highest BCUT2D eigenvalue weighted by Crippen LogP contribution is 2.58. The van der Waals surface area contributed by atoms with Crippen molar-refractivity contribution in [1.29, 1.82) is 31.6 Å². The van der Waals surface area contributed by atoms with Gasteiger partial charge in [0, 0.05) is 11.1 Å². The fourth-order valence-electron chi connectivity index (χ4n) is 9.54. The molecular weight excluding hydrogens is 745 g/mol. The molecule has 7 aromatic carbocycles. The second kappa shape index (κ2) is 15.3. The maximum absolute atomic E-state index is 10.8. The number of nitriles is 6. The first kappa shape index (κ1) is 39.3. The molecule has 7 aromatic rings. The Morgan fingerprint density at radius 1 is 0.344 bits per heavy atom. The second-order valence-electron chi connectivity index (χ2n) is 16.6. The number of hydrogen-bond acceptors (Lipinski definition) is 6. The molecule has 6 nitrogen and oxygen atoms in total. The fraction of sp³-hybridized carbons (Fsp3) is 0.127. The predicted molar refractivity (Wildman–Crippen MR) is 238 cm³/mol. The maximum Gasteiger partial charge on any atom is 0.0998 e. The van der Waals surface area contributed by atoms with E-state index in [1.54, 1.807) is 24.3 Å². The lowest BCUT2D eigenvalue weighted by atomic mass is 9.67. The molecule has 4 bridgehead atoms.